The second-order valence-corrected chi connectivity index (χ2v) is 7.37. The number of benzene rings is 1. The van der Waals surface area contributed by atoms with E-state index < -0.39 is 10.8 Å². The van der Waals surface area contributed by atoms with Gasteiger partial charge in [0.25, 0.3) is 5.91 Å². The van der Waals surface area contributed by atoms with Crippen LogP contribution >= 0.6 is 11.3 Å². The lowest BCUT2D eigenvalue weighted by molar-refractivity contribution is -0.385. The molecule has 1 aliphatic rings. The van der Waals surface area contributed by atoms with Crippen LogP contribution in [0.2, 0.25) is 0 Å². The van der Waals surface area contributed by atoms with Crippen LogP contribution in [-0.2, 0) is 12.8 Å². The number of nitro groups is 1. The maximum Gasteiger partial charge on any atom is 0.311 e. The van der Waals surface area contributed by atoms with Gasteiger partial charge in [0.1, 0.15) is 11.1 Å². The van der Waals surface area contributed by atoms with Crippen molar-refractivity contribution >= 4 is 27.9 Å². The molecule has 1 aromatic heterocycles. The Kier molecular flexibility index (Phi) is 4.91. The molecule has 8 heteroatoms. The Morgan fingerprint density at radius 2 is 2.27 bits per heavy atom. The largest absolute Gasteiger partial charge is 0.490 e. The molecule has 0 aliphatic heterocycles. The van der Waals surface area contributed by atoms with Crippen molar-refractivity contribution in [3.63, 3.8) is 0 Å². The maximum absolute atomic E-state index is 12.6. The predicted molar refractivity (Wildman–Crippen MR) is 97.8 cm³/mol. The molecule has 1 heterocycles. The van der Waals surface area contributed by atoms with Crippen LogP contribution in [-0.4, -0.2) is 17.9 Å². The summed E-state index contributed by atoms with van der Waals surface area (Å²) in [4.78, 5) is 24.2. The van der Waals surface area contributed by atoms with E-state index in [9.17, 15) is 20.2 Å². The van der Waals surface area contributed by atoms with Crippen molar-refractivity contribution in [3.8, 4) is 11.8 Å². The van der Waals surface area contributed by atoms with Crippen LogP contribution in [0, 0.1) is 27.4 Å². The number of nitrogens with one attached hydrogen (secondary N) is 1. The number of carbonyl (C=O) groups excluding carboxylic acids is 1. The number of nitriles is 1. The average molecular weight is 371 g/mol. The number of hydrogen-bond acceptors (Lipinski definition) is 6. The fourth-order valence-electron chi connectivity index (χ4n) is 3.11. The SMILES string of the molecule is COc1ccc(C(=O)Nc2sc3c(c2C#N)CC[C@H](C)C3)cc1[N+](=O)[O-]. The van der Waals surface area contributed by atoms with Crippen molar-refractivity contribution in [1.29, 1.82) is 5.26 Å². The molecule has 0 fully saturated rings. The summed E-state index contributed by atoms with van der Waals surface area (Å²) >= 11 is 1.42. The summed E-state index contributed by atoms with van der Waals surface area (Å²) < 4.78 is 4.95. The van der Waals surface area contributed by atoms with Gasteiger partial charge in [0.2, 0.25) is 0 Å². The van der Waals surface area contributed by atoms with Crippen molar-refractivity contribution in [3.05, 3.63) is 49.9 Å². The fraction of sp³-hybridized carbons (Fsp3) is 0.333. The molecule has 7 nitrogen and oxygen atoms in total. The Labute approximate surface area is 154 Å². The van der Waals surface area contributed by atoms with Gasteiger partial charge in [0, 0.05) is 16.5 Å². The highest BCUT2D eigenvalue weighted by Gasteiger charge is 2.25. The van der Waals surface area contributed by atoms with Crippen molar-refractivity contribution < 1.29 is 14.5 Å². The normalized spacial score (nSPS) is 15.7. The molecule has 0 bridgehead atoms. The molecule has 1 aromatic carbocycles. The van der Waals surface area contributed by atoms with Gasteiger partial charge in [-0.1, -0.05) is 6.92 Å². The first-order valence-corrected chi connectivity index (χ1v) is 8.94. The zero-order valence-corrected chi connectivity index (χ0v) is 15.2. The number of rotatable bonds is 4. The van der Waals surface area contributed by atoms with E-state index in [4.69, 9.17) is 4.74 Å². The Bertz CT molecular complexity index is 929. The molecule has 1 atom stereocenters. The van der Waals surface area contributed by atoms with E-state index in [2.05, 4.69) is 18.3 Å². The third-order valence-electron chi connectivity index (χ3n) is 4.49. The Balaban J connectivity index is 1.91. The number of amides is 1. The van der Waals surface area contributed by atoms with Crippen LogP contribution in [0.5, 0.6) is 5.75 Å². The maximum atomic E-state index is 12.6. The van der Waals surface area contributed by atoms with Crippen LogP contribution in [0.25, 0.3) is 0 Å². The number of methoxy groups -OCH3 is 1. The minimum atomic E-state index is -0.596. The Morgan fingerprint density at radius 3 is 2.92 bits per heavy atom. The van der Waals surface area contributed by atoms with Crippen molar-refractivity contribution in [2.24, 2.45) is 5.92 Å². The molecule has 1 N–H and O–H groups in total. The molecule has 1 aliphatic carbocycles. The number of nitro benzene ring substituents is 1. The third kappa shape index (κ3) is 3.26. The van der Waals surface area contributed by atoms with Crippen LogP contribution < -0.4 is 10.1 Å². The van der Waals surface area contributed by atoms with Gasteiger partial charge in [-0.05, 0) is 42.9 Å². The standard InChI is InChI=1S/C18H17N3O4S/c1-10-3-5-12-13(9-19)18(26-16(12)7-10)20-17(22)11-4-6-15(25-2)14(8-11)21(23)24/h4,6,8,10H,3,5,7H2,1-2H3,(H,20,22)/t10-/m0/s1. The van der Waals surface area contributed by atoms with E-state index in [0.717, 1.165) is 29.7 Å². The number of hydrogen-bond donors (Lipinski definition) is 1. The highest BCUT2D eigenvalue weighted by Crippen LogP contribution is 2.39. The summed E-state index contributed by atoms with van der Waals surface area (Å²) in [5, 5.41) is 23.9. The first-order chi connectivity index (χ1) is 12.4. The van der Waals surface area contributed by atoms with Gasteiger partial charge in [-0.3, -0.25) is 14.9 Å². The summed E-state index contributed by atoms with van der Waals surface area (Å²) in [6, 6.07) is 6.22. The number of thiophene rings is 1. The molecule has 0 saturated heterocycles. The van der Waals surface area contributed by atoms with Crippen LogP contribution in [0.3, 0.4) is 0 Å². The molecule has 0 unspecified atom stereocenters. The molecule has 2 aromatic rings. The predicted octanol–water partition coefficient (Wildman–Crippen LogP) is 3.91. The van der Waals surface area contributed by atoms with Crippen molar-refractivity contribution in [2.75, 3.05) is 12.4 Å². The molecular formula is C18H17N3O4S. The fourth-order valence-corrected chi connectivity index (χ4v) is 4.46. The number of anilines is 1. The van der Waals surface area contributed by atoms with Crippen LogP contribution in [0.4, 0.5) is 10.7 Å². The van der Waals surface area contributed by atoms with E-state index in [1.807, 2.05) is 0 Å². The highest BCUT2D eigenvalue weighted by atomic mass is 32.1. The highest BCUT2D eigenvalue weighted by molar-refractivity contribution is 7.16. The van der Waals surface area contributed by atoms with Crippen LogP contribution in [0.1, 0.15) is 39.7 Å². The van der Waals surface area contributed by atoms with E-state index in [-0.39, 0.29) is 17.0 Å². The molecular weight excluding hydrogens is 354 g/mol. The first-order valence-electron chi connectivity index (χ1n) is 8.13. The minimum Gasteiger partial charge on any atom is -0.490 e. The number of nitrogens with zero attached hydrogens (tertiary/aromatic N) is 2. The topological polar surface area (TPSA) is 105 Å². The molecule has 26 heavy (non-hydrogen) atoms. The monoisotopic (exact) mass is 371 g/mol. The summed E-state index contributed by atoms with van der Waals surface area (Å²) in [6.45, 7) is 2.17. The summed E-state index contributed by atoms with van der Waals surface area (Å²) in [6.07, 6.45) is 2.76. The van der Waals surface area contributed by atoms with Gasteiger partial charge in [-0.2, -0.15) is 5.26 Å². The zero-order chi connectivity index (χ0) is 18.8. The lowest BCUT2D eigenvalue weighted by atomic mass is 9.88. The van der Waals surface area contributed by atoms with Crippen molar-refractivity contribution in [1.82, 2.24) is 0 Å². The number of carbonyl (C=O) groups is 1. The quantitative estimate of drug-likeness (QED) is 0.648. The Morgan fingerprint density at radius 1 is 1.50 bits per heavy atom. The van der Waals surface area contributed by atoms with Gasteiger partial charge in [0.15, 0.2) is 5.75 Å². The van der Waals surface area contributed by atoms with E-state index in [0.29, 0.717) is 16.5 Å². The molecule has 0 radical (unpaired) electrons. The zero-order valence-electron chi connectivity index (χ0n) is 14.4. The minimum absolute atomic E-state index is 0.0878. The number of fused-ring (bicyclic) bond motifs is 1. The molecule has 0 spiro atoms. The lowest BCUT2D eigenvalue weighted by Crippen LogP contribution is -2.12. The van der Waals surface area contributed by atoms with Gasteiger partial charge < -0.3 is 10.1 Å². The molecule has 1 amide bonds. The van der Waals surface area contributed by atoms with Crippen LogP contribution in [0.15, 0.2) is 18.2 Å². The second-order valence-electron chi connectivity index (χ2n) is 6.27. The summed E-state index contributed by atoms with van der Waals surface area (Å²) in [5.74, 6) is 0.157. The van der Waals surface area contributed by atoms with E-state index >= 15 is 0 Å². The Hall–Kier alpha value is -2.92. The summed E-state index contributed by atoms with van der Waals surface area (Å²) in [7, 11) is 1.33. The van der Waals surface area contributed by atoms with Crippen molar-refractivity contribution in [2.45, 2.75) is 26.2 Å². The molecule has 134 valence electrons. The summed E-state index contributed by atoms with van der Waals surface area (Å²) in [5.41, 5.74) is 1.39. The lowest BCUT2D eigenvalue weighted by Gasteiger charge is -2.17. The smallest absolute Gasteiger partial charge is 0.311 e. The second kappa shape index (κ2) is 7.14. The average Bonchev–Trinajstić information content (AvgIpc) is 2.96. The van der Waals surface area contributed by atoms with Gasteiger partial charge in [-0.25, -0.2) is 0 Å². The third-order valence-corrected chi connectivity index (χ3v) is 5.66. The van der Waals surface area contributed by atoms with Gasteiger partial charge in [-0.15, -0.1) is 11.3 Å². The van der Waals surface area contributed by atoms with E-state index in [1.54, 1.807) is 0 Å². The molecule has 0 saturated carbocycles. The molecule has 3 rings (SSSR count). The number of ether oxygens (including phenoxy) is 1. The first kappa shape index (κ1) is 17.9. The van der Waals surface area contributed by atoms with Gasteiger partial charge in [0.05, 0.1) is 17.6 Å². The van der Waals surface area contributed by atoms with E-state index in [1.165, 1.54) is 36.6 Å². The van der Waals surface area contributed by atoms with Gasteiger partial charge >= 0.3 is 5.69 Å².